The summed E-state index contributed by atoms with van der Waals surface area (Å²) in [6.07, 6.45) is 4.66. The van der Waals surface area contributed by atoms with Crippen molar-refractivity contribution in [2.24, 2.45) is 0 Å². The van der Waals surface area contributed by atoms with Gasteiger partial charge in [0.2, 0.25) is 5.91 Å². The van der Waals surface area contributed by atoms with Gasteiger partial charge in [-0.3, -0.25) is 4.79 Å². The summed E-state index contributed by atoms with van der Waals surface area (Å²) in [7, 11) is 0. The summed E-state index contributed by atoms with van der Waals surface area (Å²) in [4.78, 5) is 14.0. The number of carbonyl (C=O) groups is 1. The van der Waals surface area contributed by atoms with Gasteiger partial charge < -0.3 is 10.2 Å². The molecule has 0 aromatic carbocycles. The van der Waals surface area contributed by atoms with Gasteiger partial charge in [-0.25, -0.2) is 0 Å². The summed E-state index contributed by atoms with van der Waals surface area (Å²) < 4.78 is 0. The molecule has 3 nitrogen and oxygen atoms in total. The maximum absolute atomic E-state index is 12.0. The lowest BCUT2D eigenvalue weighted by Gasteiger charge is -2.29. The molecule has 0 radical (unpaired) electrons. The van der Waals surface area contributed by atoms with Crippen LogP contribution in [0.15, 0.2) is 0 Å². The molecule has 2 aliphatic heterocycles. The normalized spacial score (nSPS) is 27.7. The van der Waals surface area contributed by atoms with Crippen LogP contribution < -0.4 is 5.32 Å². The van der Waals surface area contributed by atoms with Gasteiger partial charge in [0.05, 0.1) is 0 Å². The Labute approximate surface area is 96.0 Å². The zero-order valence-corrected chi connectivity index (χ0v) is 10.0. The Morgan fingerprint density at radius 1 is 1.33 bits per heavy atom. The summed E-state index contributed by atoms with van der Waals surface area (Å²) in [5.41, 5.74) is 0. The first kappa shape index (κ1) is 11.3. The number of hydrogen-bond donors (Lipinski definition) is 1. The van der Waals surface area contributed by atoms with E-state index in [4.69, 9.17) is 0 Å². The summed E-state index contributed by atoms with van der Waals surface area (Å²) >= 11 is 1.99. The fourth-order valence-corrected chi connectivity index (χ4v) is 3.50. The van der Waals surface area contributed by atoms with Crippen molar-refractivity contribution in [2.75, 3.05) is 31.9 Å². The molecule has 0 aromatic heterocycles. The molecule has 4 heteroatoms. The number of hydrogen-bond acceptors (Lipinski definition) is 3. The van der Waals surface area contributed by atoms with Gasteiger partial charge in [-0.05, 0) is 18.6 Å². The van der Waals surface area contributed by atoms with Crippen molar-refractivity contribution in [3.8, 4) is 0 Å². The van der Waals surface area contributed by atoms with Crippen molar-refractivity contribution in [1.82, 2.24) is 10.2 Å². The molecule has 15 heavy (non-hydrogen) atoms. The van der Waals surface area contributed by atoms with Gasteiger partial charge in [-0.15, -0.1) is 0 Å². The average Bonchev–Trinajstić information content (AvgIpc) is 2.31. The Morgan fingerprint density at radius 3 is 2.80 bits per heavy atom. The lowest BCUT2D eigenvalue weighted by Crippen LogP contribution is -2.47. The van der Waals surface area contributed by atoms with Crippen LogP contribution >= 0.6 is 11.8 Å². The second kappa shape index (κ2) is 5.75. The lowest BCUT2D eigenvalue weighted by atomic mass is 10.1. The van der Waals surface area contributed by atoms with Crippen molar-refractivity contribution >= 4 is 17.7 Å². The Morgan fingerprint density at radius 2 is 2.13 bits per heavy atom. The molecule has 2 aliphatic rings. The van der Waals surface area contributed by atoms with Crippen LogP contribution in [0.4, 0.5) is 0 Å². The largest absolute Gasteiger partial charge is 0.340 e. The van der Waals surface area contributed by atoms with Crippen LogP contribution in [0.1, 0.15) is 25.7 Å². The van der Waals surface area contributed by atoms with Gasteiger partial charge in [-0.1, -0.05) is 6.42 Å². The Kier molecular flexibility index (Phi) is 4.32. The average molecular weight is 228 g/mol. The monoisotopic (exact) mass is 228 g/mol. The molecule has 1 amide bonds. The predicted octanol–water partition coefficient (Wildman–Crippen LogP) is 1.09. The topological polar surface area (TPSA) is 32.3 Å². The van der Waals surface area contributed by atoms with Gasteiger partial charge in [-0.2, -0.15) is 11.8 Å². The van der Waals surface area contributed by atoms with E-state index in [1.54, 1.807) is 0 Å². The minimum atomic E-state index is 0.371. The van der Waals surface area contributed by atoms with Gasteiger partial charge in [0.15, 0.2) is 0 Å². The van der Waals surface area contributed by atoms with Crippen LogP contribution in [0.2, 0.25) is 0 Å². The minimum Gasteiger partial charge on any atom is -0.340 e. The highest BCUT2D eigenvalue weighted by Gasteiger charge is 2.22. The number of nitrogens with one attached hydrogen (secondary N) is 1. The number of carbonyl (C=O) groups excluding carboxylic acids is 1. The van der Waals surface area contributed by atoms with Gasteiger partial charge in [0.1, 0.15) is 0 Å². The van der Waals surface area contributed by atoms with Crippen LogP contribution in [0, 0.1) is 0 Å². The summed E-state index contributed by atoms with van der Waals surface area (Å²) in [6, 6.07) is 0. The molecular formula is C11H20N2OS. The molecule has 2 rings (SSSR count). The number of rotatable bonds is 2. The first-order chi connectivity index (χ1) is 7.36. The predicted molar refractivity (Wildman–Crippen MR) is 64.2 cm³/mol. The SMILES string of the molecule is O=C(CC1CCCCS1)N1CCNCC1. The highest BCUT2D eigenvalue weighted by molar-refractivity contribution is 7.99. The number of thioether (sulfide) groups is 1. The maximum Gasteiger partial charge on any atom is 0.223 e. The summed E-state index contributed by atoms with van der Waals surface area (Å²) in [6.45, 7) is 3.72. The Balaban J connectivity index is 1.74. The fraction of sp³-hybridized carbons (Fsp3) is 0.909. The van der Waals surface area contributed by atoms with E-state index in [0.717, 1.165) is 32.6 Å². The van der Waals surface area contributed by atoms with Gasteiger partial charge in [0.25, 0.3) is 0 Å². The lowest BCUT2D eigenvalue weighted by molar-refractivity contribution is -0.131. The zero-order valence-electron chi connectivity index (χ0n) is 9.21. The smallest absolute Gasteiger partial charge is 0.223 e. The van der Waals surface area contributed by atoms with Crippen LogP contribution in [0.3, 0.4) is 0 Å². The summed E-state index contributed by atoms with van der Waals surface area (Å²) in [5, 5.41) is 3.87. The first-order valence-electron chi connectivity index (χ1n) is 5.96. The first-order valence-corrected chi connectivity index (χ1v) is 7.01. The van der Waals surface area contributed by atoms with E-state index in [9.17, 15) is 4.79 Å². The van der Waals surface area contributed by atoms with Crippen molar-refractivity contribution < 1.29 is 4.79 Å². The van der Waals surface area contributed by atoms with E-state index in [0.29, 0.717) is 11.2 Å². The molecule has 0 aromatic rings. The van der Waals surface area contributed by atoms with Crippen LogP contribution in [-0.4, -0.2) is 48.0 Å². The van der Waals surface area contributed by atoms with E-state index in [-0.39, 0.29) is 0 Å². The van der Waals surface area contributed by atoms with E-state index < -0.39 is 0 Å². The van der Waals surface area contributed by atoms with E-state index >= 15 is 0 Å². The zero-order chi connectivity index (χ0) is 10.5. The van der Waals surface area contributed by atoms with Gasteiger partial charge in [0, 0.05) is 37.8 Å². The molecule has 1 atom stereocenters. The Hall–Kier alpha value is -0.220. The molecule has 2 fully saturated rings. The molecule has 0 bridgehead atoms. The molecule has 0 saturated carbocycles. The van der Waals surface area contributed by atoms with E-state index in [2.05, 4.69) is 5.32 Å². The standard InChI is InChI=1S/C11H20N2OS/c14-11(13-6-4-12-5-7-13)9-10-3-1-2-8-15-10/h10,12H,1-9H2. The third-order valence-corrected chi connectivity index (χ3v) is 4.54. The molecule has 0 spiro atoms. The Bertz CT molecular complexity index is 211. The maximum atomic E-state index is 12.0. The van der Waals surface area contributed by atoms with Gasteiger partial charge >= 0.3 is 0 Å². The molecule has 0 aliphatic carbocycles. The molecular weight excluding hydrogens is 208 g/mol. The highest BCUT2D eigenvalue weighted by atomic mass is 32.2. The van der Waals surface area contributed by atoms with E-state index in [1.807, 2.05) is 16.7 Å². The third kappa shape index (κ3) is 3.38. The molecule has 2 heterocycles. The minimum absolute atomic E-state index is 0.371. The van der Waals surface area contributed by atoms with Crippen molar-refractivity contribution in [3.05, 3.63) is 0 Å². The number of amides is 1. The highest BCUT2D eigenvalue weighted by Crippen LogP contribution is 2.27. The van der Waals surface area contributed by atoms with Crippen LogP contribution in [0.5, 0.6) is 0 Å². The summed E-state index contributed by atoms with van der Waals surface area (Å²) in [5.74, 6) is 1.62. The number of piperazine rings is 1. The second-order valence-corrected chi connectivity index (χ2v) is 5.73. The van der Waals surface area contributed by atoms with Crippen molar-refractivity contribution in [3.63, 3.8) is 0 Å². The second-order valence-electron chi connectivity index (χ2n) is 4.32. The number of nitrogens with zero attached hydrogens (tertiary/aromatic N) is 1. The molecule has 86 valence electrons. The van der Waals surface area contributed by atoms with Crippen molar-refractivity contribution in [2.45, 2.75) is 30.9 Å². The van der Waals surface area contributed by atoms with Crippen LogP contribution in [-0.2, 0) is 4.79 Å². The third-order valence-electron chi connectivity index (χ3n) is 3.15. The molecule has 2 saturated heterocycles. The van der Waals surface area contributed by atoms with Crippen LogP contribution in [0.25, 0.3) is 0 Å². The quantitative estimate of drug-likeness (QED) is 0.768. The van der Waals surface area contributed by atoms with E-state index in [1.165, 1.54) is 25.0 Å². The fourth-order valence-electron chi connectivity index (χ4n) is 2.21. The molecule has 1 unspecified atom stereocenters. The molecule has 1 N–H and O–H groups in total. The van der Waals surface area contributed by atoms with Crippen molar-refractivity contribution in [1.29, 1.82) is 0 Å².